The van der Waals surface area contributed by atoms with Gasteiger partial charge in [-0.05, 0) is 49.7 Å². The third-order valence-electron chi connectivity index (χ3n) is 3.20. The van der Waals surface area contributed by atoms with Crippen molar-refractivity contribution in [2.75, 3.05) is 39.2 Å². The van der Waals surface area contributed by atoms with Crippen LogP contribution in [0.2, 0.25) is 0 Å². The third-order valence-corrected chi connectivity index (χ3v) is 3.20. The second-order valence-corrected chi connectivity index (χ2v) is 4.96. The van der Waals surface area contributed by atoms with Gasteiger partial charge in [0.1, 0.15) is 5.75 Å². The summed E-state index contributed by atoms with van der Waals surface area (Å²) in [5.74, 6) is 1.46. The fourth-order valence-corrected chi connectivity index (χ4v) is 2.03. The number of methoxy groups -OCH3 is 1. The van der Waals surface area contributed by atoms with Crippen LogP contribution in [0.5, 0.6) is 5.75 Å². The van der Waals surface area contributed by atoms with E-state index in [1.807, 2.05) is 7.05 Å². The van der Waals surface area contributed by atoms with Gasteiger partial charge >= 0.3 is 0 Å². The number of nitrogens with zero attached hydrogens (tertiary/aromatic N) is 1. The zero-order valence-corrected chi connectivity index (χ0v) is 12.3. The van der Waals surface area contributed by atoms with Crippen LogP contribution in [-0.4, -0.2) is 34.3 Å². The monoisotopic (exact) mass is 250 g/mol. The molecule has 0 spiro atoms. The van der Waals surface area contributed by atoms with Crippen molar-refractivity contribution in [2.24, 2.45) is 0 Å². The molecule has 0 atom stereocenters. The van der Waals surface area contributed by atoms with E-state index in [0.29, 0.717) is 5.92 Å². The Labute approximate surface area is 111 Å². The summed E-state index contributed by atoms with van der Waals surface area (Å²) in [4.78, 5) is 2.29. The second kappa shape index (κ2) is 7.27. The van der Waals surface area contributed by atoms with Crippen molar-refractivity contribution in [1.82, 2.24) is 5.32 Å². The SMILES string of the molecule is CNCCCN(C)c1ccc(OC)c(C(C)C)c1. The summed E-state index contributed by atoms with van der Waals surface area (Å²) in [6.45, 7) is 6.51. The van der Waals surface area contributed by atoms with Crippen LogP contribution in [0.3, 0.4) is 0 Å². The van der Waals surface area contributed by atoms with Crippen molar-refractivity contribution in [1.29, 1.82) is 0 Å². The summed E-state index contributed by atoms with van der Waals surface area (Å²) in [6, 6.07) is 6.44. The van der Waals surface area contributed by atoms with Crippen LogP contribution in [0.4, 0.5) is 5.69 Å². The van der Waals surface area contributed by atoms with Crippen molar-refractivity contribution in [3.63, 3.8) is 0 Å². The number of anilines is 1. The normalized spacial score (nSPS) is 10.8. The van der Waals surface area contributed by atoms with Crippen LogP contribution >= 0.6 is 0 Å². The first kappa shape index (κ1) is 14.8. The fraction of sp³-hybridized carbons (Fsp3) is 0.600. The van der Waals surface area contributed by atoms with E-state index in [1.54, 1.807) is 7.11 Å². The van der Waals surface area contributed by atoms with Gasteiger partial charge in [0.2, 0.25) is 0 Å². The summed E-state index contributed by atoms with van der Waals surface area (Å²) in [5.41, 5.74) is 2.53. The highest BCUT2D eigenvalue weighted by molar-refractivity contribution is 5.53. The lowest BCUT2D eigenvalue weighted by Gasteiger charge is -2.22. The van der Waals surface area contributed by atoms with Gasteiger partial charge in [-0.3, -0.25) is 0 Å². The van der Waals surface area contributed by atoms with Crippen molar-refractivity contribution in [2.45, 2.75) is 26.2 Å². The smallest absolute Gasteiger partial charge is 0.122 e. The molecule has 1 N–H and O–H groups in total. The summed E-state index contributed by atoms with van der Waals surface area (Å²) in [7, 11) is 5.86. The molecule has 0 heterocycles. The van der Waals surface area contributed by atoms with Crippen LogP contribution in [0, 0.1) is 0 Å². The van der Waals surface area contributed by atoms with Crippen molar-refractivity contribution in [3.05, 3.63) is 23.8 Å². The maximum Gasteiger partial charge on any atom is 0.122 e. The number of rotatable bonds is 7. The molecule has 0 radical (unpaired) electrons. The molecule has 0 bridgehead atoms. The van der Waals surface area contributed by atoms with E-state index in [-0.39, 0.29) is 0 Å². The Morgan fingerprint density at radius 3 is 2.61 bits per heavy atom. The van der Waals surface area contributed by atoms with E-state index in [4.69, 9.17) is 4.74 Å². The largest absolute Gasteiger partial charge is 0.496 e. The lowest BCUT2D eigenvalue weighted by atomic mass is 10.0. The zero-order chi connectivity index (χ0) is 13.5. The van der Waals surface area contributed by atoms with Crippen molar-refractivity contribution >= 4 is 5.69 Å². The predicted octanol–water partition coefficient (Wildman–Crippen LogP) is 2.86. The van der Waals surface area contributed by atoms with E-state index >= 15 is 0 Å². The lowest BCUT2D eigenvalue weighted by molar-refractivity contribution is 0.407. The van der Waals surface area contributed by atoms with Gasteiger partial charge in [-0.15, -0.1) is 0 Å². The molecular weight excluding hydrogens is 224 g/mol. The number of ether oxygens (including phenoxy) is 1. The van der Waals surface area contributed by atoms with Gasteiger partial charge < -0.3 is 15.0 Å². The molecular formula is C15H26N2O. The standard InChI is InChI=1S/C15H26N2O/c1-12(2)14-11-13(7-8-15(14)18-5)17(4)10-6-9-16-3/h7-8,11-12,16H,6,9-10H2,1-5H3. The molecule has 0 amide bonds. The molecule has 18 heavy (non-hydrogen) atoms. The van der Waals surface area contributed by atoms with Gasteiger partial charge in [-0.1, -0.05) is 13.8 Å². The van der Waals surface area contributed by atoms with Crippen LogP contribution in [0.15, 0.2) is 18.2 Å². The molecule has 102 valence electrons. The summed E-state index contributed by atoms with van der Waals surface area (Å²) in [5, 5.41) is 3.18. The molecule has 1 aromatic carbocycles. The highest BCUT2D eigenvalue weighted by Crippen LogP contribution is 2.30. The second-order valence-electron chi connectivity index (χ2n) is 4.96. The Morgan fingerprint density at radius 2 is 2.06 bits per heavy atom. The van der Waals surface area contributed by atoms with E-state index in [0.717, 1.165) is 25.3 Å². The minimum absolute atomic E-state index is 0.477. The Bertz CT molecular complexity index is 364. The van der Waals surface area contributed by atoms with Crippen molar-refractivity contribution < 1.29 is 4.74 Å². The molecule has 0 aliphatic carbocycles. The molecule has 3 heteroatoms. The van der Waals surface area contributed by atoms with Crippen LogP contribution < -0.4 is 15.0 Å². The van der Waals surface area contributed by atoms with Crippen molar-refractivity contribution in [3.8, 4) is 5.75 Å². The molecule has 0 aliphatic rings. The number of nitrogens with one attached hydrogen (secondary N) is 1. The molecule has 0 aliphatic heterocycles. The number of hydrogen-bond acceptors (Lipinski definition) is 3. The van der Waals surface area contributed by atoms with Gasteiger partial charge in [0.15, 0.2) is 0 Å². The van der Waals surface area contributed by atoms with Crippen LogP contribution in [0.25, 0.3) is 0 Å². The first-order valence-electron chi connectivity index (χ1n) is 6.63. The Hall–Kier alpha value is -1.22. The van der Waals surface area contributed by atoms with Crippen LogP contribution in [0.1, 0.15) is 31.7 Å². The first-order chi connectivity index (χ1) is 8.60. The minimum Gasteiger partial charge on any atom is -0.496 e. The average molecular weight is 250 g/mol. The lowest BCUT2D eigenvalue weighted by Crippen LogP contribution is -2.22. The van der Waals surface area contributed by atoms with Gasteiger partial charge in [0.25, 0.3) is 0 Å². The summed E-state index contributed by atoms with van der Waals surface area (Å²) < 4.78 is 5.41. The minimum atomic E-state index is 0.477. The Balaban J connectivity index is 2.80. The quantitative estimate of drug-likeness (QED) is 0.753. The number of hydrogen-bond donors (Lipinski definition) is 1. The van der Waals surface area contributed by atoms with Gasteiger partial charge in [0, 0.05) is 19.3 Å². The van der Waals surface area contributed by atoms with E-state index < -0.39 is 0 Å². The maximum atomic E-state index is 5.41. The molecule has 0 unspecified atom stereocenters. The van der Waals surface area contributed by atoms with E-state index in [2.05, 4.69) is 49.3 Å². The summed E-state index contributed by atoms with van der Waals surface area (Å²) >= 11 is 0. The molecule has 0 saturated heterocycles. The van der Waals surface area contributed by atoms with E-state index in [9.17, 15) is 0 Å². The third kappa shape index (κ3) is 3.91. The van der Waals surface area contributed by atoms with Gasteiger partial charge in [-0.2, -0.15) is 0 Å². The Kier molecular flexibility index (Phi) is 5.99. The number of benzene rings is 1. The predicted molar refractivity (Wildman–Crippen MR) is 78.9 cm³/mol. The van der Waals surface area contributed by atoms with Crippen LogP contribution in [-0.2, 0) is 0 Å². The first-order valence-corrected chi connectivity index (χ1v) is 6.63. The highest BCUT2D eigenvalue weighted by Gasteiger charge is 2.10. The molecule has 0 fully saturated rings. The Morgan fingerprint density at radius 1 is 1.33 bits per heavy atom. The molecule has 1 aromatic rings. The zero-order valence-electron chi connectivity index (χ0n) is 12.3. The average Bonchev–Trinajstić information content (AvgIpc) is 2.38. The fourth-order valence-electron chi connectivity index (χ4n) is 2.03. The molecule has 3 nitrogen and oxygen atoms in total. The summed E-state index contributed by atoms with van der Waals surface area (Å²) in [6.07, 6.45) is 1.15. The molecule has 1 rings (SSSR count). The maximum absolute atomic E-state index is 5.41. The van der Waals surface area contributed by atoms with E-state index in [1.165, 1.54) is 11.3 Å². The van der Waals surface area contributed by atoms with Gasteiger partial charge in [0.05, 0.1) is 7.11 Å². The molecule has 0 aromatic heterocycles. The highest BCUT2D eigenvalue weighted by atomic mass is 16.5. The van der Waals surface area contributed by atoms with Gasteiger partial charge in [-0.25, -0.2) is 0 Å². The molecule has 0 saturated carbocycles. The topological polar surface area (TPSA) is 24.5 Å².